The van der Waals surface area contributed by atoms with Crippen LogP contribution < -0.4 is 19.7 Å². The first-order valence-electron chi connectivity index (χ1n) is 11.0. The maximum Gasteiger partial charge on any atom is 0.268 e. The van der Waals surface area contributed by atoms with E-state index in [0.717, 1.165) is 22.5 Å². The van der Waals surface area contributed by atoms with Crippen molar-refractivity contribution in [2.45, 2.75) is 18.9 Å². The summed E-state index contributed by atoms with van der Waals surface area (Å²) in [5.74, 6) is 1.46. The van der Waals surface area contributed by atoms with E-state index in [4.69, 9.17) is 9.47 Å². The molecule has 1 unspecified atom stereocenters. The van der Waals surface area contributed by atoms with Crippen molar-refractivity contribution in [3.05, 3.63) is 78.4 Å². The number of para-hydroxylation sites is 1. The Morgan fingerprint density at radius 2 is 1.85 bits per heavy atom. The molecule has 1 aromatic heterocycles. The Morgan fingerprint density at radius 1 is 1.09 bits per heavy atom. The molecule has 0 spiro atoms. The molecule has 8 heteroatoms. The molecule has 1 aliphatic heterocycles. The Hall–Kier alpha value is -4.33. The van der Waals surface area contributed by atoms with Crippen LogP contribution in [0.5, 0.6) is 11.5 Å². The first kappa shape index (κ1) is 21.5. The van der Waals surface area contributed by atoms with Crippen molar-refractivity contribution in [2.24, 2.45) is 0 Å². The van der Waals surface area contributed by atoms with Crippen LogP contribution in [0.2, 0.25) is 0 Å². The second-order valence-corrected chi connectivity index (χ2v) is 8.07. The number of benzene rings is 3. The number of H-pyrrole nitrogens is 1. The number of nitrogens with zero attached hydrogens (tertiary/aromatic N) is 2. The van der Waals surface area contributed by atoms with Gasteiger partial charge in [-0.2, -0.15) is 5.10 Å². The molecule has 0 radical (unpaired) electrons. The van der Waals surface area contributed by atoms with Gasteiger partial charge in [-0.1, -0.05) is 30.3 Å². The summed E-state index contributed by atoms with van der Waals surface area (Å²) in [5, 5.41) is 10.7. The van der Waals surface area contributed by atoms with Crippen LogP contribution in [0.25, 0.3) is 10.9 Å². The number of aromatic amines is 1. The van der Waals surface area contributed by atoms with Gasteiger partial charge >= 0.3 is 0 Å². The van der Waals surface area contributed by atoms with E-state index >= 15 is 0 Å². The van der Waals surface area contributed by atoms with Crippen molar-refractivity contribution >= 4 is 34.2 Å². The summed E-state index contributed by atoms with van der Waals surface area (Å²) in [4.78, 5) is 27.2. The van der Waals surface area contributed by atoms with Crippen LogP contribution in [0.15, 0.2) is 72.8 Å². The van der Waals surface area contributed by atoms with Gasteiger partial charge in [0.25, 0.3) is 5.91 Å². The van der Waals surface area contributed by atoms with Gasteiger partial charge in [0, 0.05) is 24.0 Å². The number of carbonyl (C=O) groups excluding carboxylic acids is 2. The third kappa shape index (κ3) is 4.43. The zero-order valence-corrected chi connectivity index (χ0v) is 18.7. The van der Waals surface area contributed by atoms with Crippen LogP contribution in [0.4, 0.5) is 11.5 Å². The molecule has 8 nitrogen and oxygen atoms in total. The standard InChI is InChI=1S/C26H24N4O4/c1-33-19-9-7-17(8-10-19)15-24(31)27-25-21-16-20(11-12-22(21)28-29-25)34-23-13-14-30(26(23)32)18-5-3-2-4-6-18/h2-12,16,23H,13-15H2,1H3,(H2,27,28,29,31). The van der Waals surface area contributed by atoms with Crippen molar-refractivity contribution in [1.82, 2.24) is 10.2 Å². The van der Waals surface area contributed by atoms with Gasteiger partial charge in [0.15, 0.2) is 11.9 Å². The summed E-state index contributed by atoms with van der Waals surface area (Å²) < 4.78 is 11.2. The van der Waals surface area contributed by atoms with Gasteiger partial charge in [0.05, 0.1) is 19.0 Å². The summed E-state index contributed by atoms with van der Waals surface area (Å²) in [7, 11) is 1.60. The summed E-state index contributed by atoms with van der Waals surface area (Å²) in [6, 6.07) is 22.3. The number of nitrogens with one attached hydrogen (secondary N) is 2. The number of hydrogen-bond acceptors (Lipinski definition) is 5. The van der Waals surface area contributed by atoms with Crippen LogP contribution in [0.1, 0.15) is 12.0 Å². The highest BCUT2D eigenvalue weighted by Crippen LogP contribution is 2.29. The zero-order chi connectivity index (χ0) is 23.5. The Balaban J connectivity index is 1.27. The number of hydrogen-bond donors (Lipinski definition) is 2. The number of aromatic nitrogens is 2. The van der Waals surface area contributed by atoms with Gasteiger partial charge in [-0.25, -0.2) is 0 Å². The van der Waals surface area contributed by atoms with Crippen molar-refractivity contribution in [2.75, 3.05) is 23.9 Å². The van der Waals surface area contributed by atoms with Crippen LogP contribution in [-0.2, 0) is 16.0 Å². The fourth-order valence-electron chi connectivity index (χ4n) is 4.06. The average molecular weight is 457 g/mol. The minimum atomic E-state index is -0.558. The van der Waals surface area contributed by atoms with Crippen LogP contribution in [0.3, 0.4) is 0 Å². The lowest BCUT2D eigenvalue weighted by atomic mass is 10.1. The second kappa shape index (κ2) is 9.27. The molecule has 2 N–H and O–H groups in total. The summed E-state index contributed by atoms with van der Waals surface area (Å²) in [5.41, 5.74) is 2.49. The summed E-state index contributed by atoms with van der Waals surface area (Å²) >= 11 is 0. The lowest BCUT2D eigenvalue weighted by molar-refractivity contribution is -0.122. The lowest BCUT2D eigenvalue weighted by Gasteiger charge is -2.17. The van der Waals surface area contributed by atoms with Gasteiger partial charge < -0.3 is 19.7 Å². The van der Waals surface area contributed by atoms with Crippen LogP contribution >= 0.6 is 0 Å². The van der Waals surface area contributed by atoms with Gasteiger partial charge in [-0.3, -0.25) is 14.7 Å². The van der Waals surface area contributed by atoms with E-state index in [1.807, 2.05) is 60.7 Å². The van der Waals surface area contributed by atoms with Gasteiger partial charge in [0.2, 0.25) is 5.91 Å². The molecule has 5 rings (SSSR count). The highest BCUT2D eigenvalue weighted by Gasteiger charge is 2.34. The molecule has 2 amide bonds. The lowest BCUT2D eigenvalue weighted by Crippen LogP contribution is -2.32. The second-order valence-electron chi connectivity index (χ2n) is 8.07. The predicted molar refractivity (Wildman–Crippen MR) is 129 cm³/mol. The molecule has 0 aliphatic carbocycles. The molecule has 1 aliphatic rings. The molecular formula is C26H24N4O4. The smallest absolute Gasteiger partial charge is 0.268 e. The number of amides is 2. The Kier molecular flexibility index (Phi) is 5.86. The quantitative estimate of drug-likeness (QED) is 0.439. The van der Waals surface area contributed by atoms with E-state index in [1.165, 1.54) is 0 Å². The predicted octanol–water partition coefficient (Wildman–Crippen LogP) is 3.94. The monoisotopic (exact) mass is 456 g/mol. The molecule has 1 fully saturated rings. The molecule has 172 valence electrons. The normalized spacial score (nSPS) is 15.5. The number of methoxy groups -OCH3 is 1. The topological polar surface area (TPSA) is 96.5 Å². The third-order valence-corrected chi connectivity index (χ3v) is 5.82. The number of ether oxygens (including phenoxy) is 2. The van der Waals surface area contributed by atoms with Gasteiger partial charge in [-0.05, 0) is 48.0 Å². The van der Waals surface area contributed by atoms with E-state index in [2.05, 4.69) is 15.5 Å². The molecule has 4 aromatic rings. The third-order valence-electron chi connectivity index (χ3n) is 5.82. The zero-order valence-electron chi connectivity index (χ0n) is 18.7. The molecule has 1 atom stereocenters. The molecule has 3 aromatic carbocycles. The van der Waals surface area contributed by atoms with Crippen molar-refractivity contribution < 1.29 is 19.1 Å². The fraction of sp³-hybridized carbons (Fsp3) is 0.192. The molecule has 34 heavy (non-hydrogen) atoms. The Labute approximate surface area is 196 Å². The number of rotatable bonds is 7. The summed E-state index contributed by atoms with van der Waals surface area (Å²) in [6.45, 7) is 0.605. The SMILES string of the molecule is COc1ccc(CC(=O)Nc2n[nH]c3ccc(OC4CCN(c5ccccc5)C4=O)cc23)cc1. The van der Waals surface area contributed by atoms with Crippen molar-refractivity contribution in [1.29, 1.82) is 0 Å². The largest absolute Gasteiger partial charge is 0.497 e. The molecule has 0 saturated carbocycles. The molecule has 0 bridgehead atoms. The van der Waals surface area contributed by atoms with Gasteiger partial charge in [0.1, 0.15) is 11.5 Å². The molecule has 2 heterocycles. The molecule has 1 saturated heterocycles. The first-order valence-corrected chi connectivity index (χ1v) is 11.0. The fourth-order valence-corrected chi connectivity index (χ4v) is 4.06. The van der Waals surface area contributed by atoms with E-state index < -0.39 is 6.10 Å². The van der Waals surface area contributed by atoms with Crippen molar-refractivity contribution in [3.63, 3.8) is 0 Å². The highest BCUT2D eigenvalue weighted by atomic mass is 16.5. The summed E-state index contributed by atoms with van der Waals surface area (Å²) in [6.07, 6.45) is 0.251. The minimum absolute atomic E-state index is 0.0634. The Morgan fingerprint density at radius 3 is 2.62 bits per heavy atom. The van der Waals surface area contributed by atoms with Crippen LogP contribution in [-0.4, -0.2) is 41.8 Å². The Bertz CT molecular complexity index is 1320. The number of carbonyl (C=O) groups is 2. The van der Waals surface area contributed by atoms with E-state index in [-0.39, 0.29) is 18.2 Å². The van der Waals surface area contributed by atoms with Gasteiger partial charge in [-0.15, -0.1) is 0 Å². The molecular weight excluding hydrogens is 432 g/mol. The number of anilines is 2. The number of fused-ring (bicyclic) bond motifs is 1. The highest BCUT2D eigenvalue weighted by molar-refractivity contribution is 6.01. The van der Waals surface area contributed by atoms with Crippen LogP contribution in [0, 0.1) is 0 Å². The van der Waals surface area contributed by atoms with Crippen molar-refractivity contribution in [3.8, 4) is 11.5 Å². The van der Waals surface area contributed by atoms with E-state index in [1.54, 1.807) is 24.1 Å². The maximum absolute atomic E-state index is 12.9. The maximum atomic E-state index is 12.9. The average Bonchev–Trinajstić information content (AvgIpc) is 3.43. The van der Waals surface area contributed by atoms with E-state index in [0.29, 0.717) is 29.9 Å². The minimum Gasteiger partial charge on any atom is -0.497 e. The van der Waals surface area contributed by atoms with E-state index in [9.17, 15) is 9.59 Å². The first-order chi connectivity index (χ1) is 16.6.